The lowest BCUT2D eigenvalue weighted by Crippen LogP contribution is -2.26. The van der Waals surface area contributed by atoms with Gasteiger partial charge in [0.25, 0.3) is 5.91 Å². The van der Waals surface area contributed by atoms with Crippen LogP contribution in [0.4, 0.5) is 0 Å². The van der Waals surface area contributed by atoms with E-state index in [2.05, 4.69) is 20.9 Å². The fourth-order valence-corrected chi connectivity index (χ4v) is 3.64. The Labute approximate surface area is 174 Å². The van der Waals surface area contributed by atoms with Gasteiger partial charge in [-0.3, -0.25) is 4.79 Å². The Balaban J connectivity index is 1.26. The maximum absolute atomic E-state index is 12.7. The third kappa shape index (κ3) is 3.48. The van der Waals surface area contributed by atoms with Crippen molar-refractivity contribution in [2.24, 2.45) is 0 Å². The van der Waals surface area contributed by atoms with Crippen LogP contribution in [0, 0.1) is 0 Å². The molecule has 4 aromatic rings. The van der Waals surface area contributed by atoms with E-state index in [4.69, 9.17) is 9.47 Å². The Morgan fingerprint density at radius 1 is 1.07 bits per heavy atom. The maximum Gasteiger partial charge on any atom is 0.251 e. The van der Waals surface area contributed by atoms with Gasteiger partial charge in [-0.1, -0.05) is 30.3 Å². The van der Waals surface area contributed by atoms with Crippen LogP contribution in [0.5, 0.6) is 11.5 Å². The molecule has 3 aromatic carbocycles. The number of carbonyl (C=O) groups is 1. The smallest absolute Gasteiger partial charge is 0.251 e. The Kier molecular flexibility index (Phi) is 4.59. The van der Waals surface area contributed by atoms with E-state index >= 15 is 0 Å². The number of aromatic nitrogens is 2. The molecule has 1 N–H and O–H groups in total. The summed E-state index contributed by atoms with van der Waals surface area (Å²) in [7, 11) is 0. The number of benzene rings is 3. The zero-order chi connectivity index (χ0) is 20.5. The number of nitrogens with one attached hydrogen (secondary N) is 1. The van der Waals surface area contributed by atoms with Crippen molar-refractivity contribution in [3.05, 3.63) is 89.7 Å². The molecule has 1 aliphatic heterocycles. The van der Waals surface area contributed by atoms with Crippen molar-refractivity contribution in [2.45, 2.75) is 19.5 Å². The average Bonchev–Trinajstić information content (AvgIpc) is 3.41. The van der Waals surface area contributed by atoms with E-state index in [0.717, 1.165) is 27.9 Å². The van der Waals surface area contributed by atoms with Gasteiger partial charge in [0.1, 0.15) is 0 Å². The van der Waals surface area contributed by atoms with Gasteiger partial charge in [0.15, 0.2) is 11.5 Å². The van der Waals surface area contributed by atoms with E-state index in [1.165, 1.54) is 0 Å². The summed E-state index contributed by atoms with van der Waals surface area (Å²) in [6.45, 7) is 2.89. The Morgan fingerprint density at radius 3 is 2.73 bits per heavy atom. The van der Waals surface area contributed by atoms with Crippen molar-refractivity contribution in [3.8, 4) is 11.5 Å². The molecule has 2 heterocycles. The number of rotatable bonds is 5. The predicted octanol–water partition coefficient (Wildman–Crippen LogP) is 4.30. The maximum atomic E-state index is 12.7. The normalized spacial score (nSPS) is 13.4. The van der Waals surface area contributed by atoms with Crippen LogP contribution in [-0.4, -0.2) is 22.3 Å². The number of para-hydroxylation sites is 2. The molecular formula is C24H21N3O3. The van der Waals surface area contributed by atoms with Crippen molar-refractivity contribution in [3.63, 3.8) is 0 Å². The summed E-state index contributed by atoms with van der Waals surface area (Å²) in [5.74, 6) is 1.34. The molecule has 1 aromatic heterocycles. The number of fused-ring (bicyclic) bond motifs is 2. The molecule has 1 aliphatic rings. The zero-order valence-corrected chi connectivity index (χ0v) is 16.5. The first-order valence-corrected chi connectivity index (χ1v) is 9.86. The molecule has 1 atom stereocenters. The number of amides is 1. The summed E-state index contributed by atoms with van der Waals surface area (Å²) in [5.41, 5.74) is 4.78. The third-order valence-electron chi connectivity index (χ3n) is 5.34. The van der Waals surface area contributed by atoms with Crippen LogP contribution in [-0.2, 0) is 6.54 Å². The van der Waals surface area contributed by atoms with E-state index in [1.807, 2.05) is 73.9 Å². The highest BCUT2D eigenvalue weighted by atomic mass is 16.7. The third-order valence-corrected chi connectivity index (χ3v) is 5.34. The molecule has 6 heteroatoms. The molecule has 0 radical (unpaired) electrons. The summed E-state index contributed by atoms with van der Waals surface area (Å²) in [4.78, 5) is 17.1. The lowest BCUT2D eigenvalue weighted by molar-refractivity contribution is 0.0939. The molecule has 0 unspecified atom stereocenters. The van der Waals surface area contributed by atoms with Gasteiger partial charge in [0, 0.05) is 12.1 Å². The Morgan fingerprint density at radius 2 is 1.87 bits per heavy atom. The van der Waals surface area contributed by atoms with E-state index in [0.29, 0.717) is 17.9 Å². The van der Waals surface area contributed by atoms with Crippen LogP contribution in [0.1, 0.15) is 34.5 Å². The van der Waals surface area contributed by atoms with Gasteiger partial charge in [-0.2, -0.15) is 0 Å². The van der Waals surface area contributed by atoms with Gasteiger partial charge in [-0.15, -0.1) is 0 Å². The number of nitrogens with zero attached hydrogens (tertiary/aromatic N) is 2. The summed E-state index contributed by atoms with van der Waals surface area (Å²) < 4.78 is 12.9. The van der Waals surface area contributed by atoms with E-state index < -0.39 is 0 Å². The number of hydrogen-bond acceptors (Lipinski definition) is 4. The molecule has 0 bridgehead atoms. The van der Waals surface area contributed by atoms with E-state index in [1.54, 1.807) is 0 Å². The number of ether oxygens (including phenoxy) is 2. The lowest BCUT2D eigenvalue weighted by Gasteiger charge is -2.15. The van der Waals surface area contributed by atoms with E-state index in [9.17, 15) is 4.79 Å². The molecule has 0 saturated heterocycles. The van der Waals surface area contributed by atoms with Crippen molar-refractivity contribution in [2.75, 3.05) is 6.79 Å². The quantitative estimate of drug-likeness (QED) is 0.543. The van der Waals surface area contributed by atoms with Gasteiger partial charge in [-0.05, 0) is 54.4 Å². The van der Waals surface area contributed by atoms with Crippen molar-refractivity contribution in [1.82, 2.24) is 14.9 Å². The molecular weight excluding hydrogens is 378 g/mol. The van der Waals surface area contributed by atoms with Crippen LogP contribution in [0.3, 0.4) is 0 Å². The zero-order valence-electron chi connectivity index (χ0n) is 16.5. The molecule has 6 nitrogen and oxygen atoms in total. The Bertz CT molecular complexity index is 1210. The van der Waals surface area contributed by atoms with Crippen LogP contribution in [0.15, 0.2) is 73.1 Å². The first-order valence-electron chi connectivity index (χ1n) is 9.86. The van der Waals surface area contributed by atoms with Gasteiger partial charge in [0.05, 0.1) is 23.4 Å². The topological polar surface area (TPSA) is 65.4 Å². The van der Waals surface area contributed by atoms with Crippen LogP contribution in [0.25, 0.3) is 11.0 Å². The monoisotopic (exact) mass is 399 g/mol. The molecule has 0 spiro atoms. The van der Waals surface area contributed by atoms with Gasteiger partial charge < -0.3 is 19.4 Å². The number of hydrogen-bond donors (Lipinski definition) is 1. The minimum absolute atomic E-state index is 0.111. The molecule has 150 valence electrons. The second-order valence-electron chi connectivity index (χ2n) is 7.37. The fourth-order valence-electron chi connectivity index (χ4n) is 3.64. The van der Waals surface area contributed by atoms with Crippen molar-refractivity contribution >= 4 is 16.9 Å². The van der Waals surface area contributed by atoms with Gasteiger partial charge in [0.2, 0.25) is 6.79 Å². The lowest BCUT2D eigenvalue weighted by atomic mass is 10.1. The summed E-state index contributed by atoms with van der Waals surface area (Å²) >= 11 is 0. The number of carbonyl (C=O) groups excluding carboxylic acids is 1. The highest BCUT2D eigenvalue weighted by Crippen LogP contribution is 2.34. The van der Waals surface area contributed by atoms with E-state index in [-0.39, 0.29) is 18.7 Å². The van der Waals surface area contributed by atoms with Crippen LogP contribution in [0.2, 0.25) is 0 Å². The second kappa shape index (κ2) is 7.55. The first kappa shape index (κ1) is 18.2. The molecule has 5 rings (SSSR count). The van der Waals surface area contributed by atoms with Gasteiger partial charge in [-0.25, -0.2) is 4.98 Å². The second-order valence-corrected chi connectivity index (χ2v) is 7.37. The summed E-state index contributed by atoms with van der Waals surface area (Å²) in [6.07, 6.45) is 1.85. The molecule has 0 saturated carbocycles. The van der Waals surface area contributed by atoms with Crippen molar-refractivity contribution < 1.29 is 14.3 Å². The highest BCUT2D eigenvalue weighted by Gasteiger charge is 2.17. The van der Waals surface area contributed by atoms with Crippen LogP contribution >= 0.6 is 0 Å². The highest BCUT2D eigenvalue weighted by molar-refractivity contribution is 5.94. The SMILES string of the molecule is C[C@H](NC(=O)c1ccc(Cn2cnc3ccccc32)cc1)c1ccc2c(c1)OCO2. The molecule has 30 heavy (non-hydrogen) atoms. The first-order chi connectivity index (χ1) is 14.7. The summed E-state index contributed by atoms with van der Waals surface area (Å²) in [5, 5.41) is 3.04. The standard InChI is InChI=1S/C24H21N3O3/c1-16(19-10-11-22-23(12-19)30-15-29-22)26-24(28)18-8-6-17(7-9-18)13-27-14-25-20-4-2-3-5-21(20)27/h2-12,14,16H,13,15H2,1H3,(H,26,28)/t16-/m0/s1. The average molecular weight is 399 g/mol. The Hall–Kier alpha value is -3.80. The number of imidazole rings is 1. The predicted molar refractivity (Wildman–Crippen MR) is 114 cm³/mol. The van der Waals surface area contributed by atoms with Gasteiger partial charge >= 0.3 is 0 Å². The van der Waals surface area contributed by atoms with Crippen LogP contribution < -0.4 is 14.8 Å². The minimum Gasteiger partial charge on any atom is -0.454 e. The molecule has 1 amide bonds. The van der Waals surface area contributed by atoms with Crippen molar-refractivity contribution in [1.29, 1.82) is 0 Å². The summed E-state index contributed by atoms with van der Waals surface area (Å²) in [6, 6.07) is 21.3. The molecule has 0 aliphatic carbocycles. The molecule has 0 fully saturated rings. The fraction of sp³-hybridized carbons (Fsp3) is 0.167. The largest absolute Gasteiger partial charge is 0.454 e. The minimum atomic E-state index is -0.149.